The molecule has 0 aliphatic carbocycles. The first kappa shape index (κ1) is 15.3. The van der Waals surface area contributed by atoms with E-state index in [2.05, 4.69) is 5.16 Å². The van der Waals surface area contributed by atoms with Crippen LogP contribution in [0.5, 0.6) is 5.75 Å². The van der Waals surface area contributed by atoms with Gasteiger partial charge in [0.2, 0.25) is 0 Å². The Morgan fingerprint density at radius 1 is 1.52 bits per heavy atom. The number of ether oxygens (including phenoxy) is 1. The van der Waals surface area contributed by atoms with Crippen molar-refractivity contribution in [3.63, 3.8) is 0 Å². The lowest BCUT2D eigenvalue weighted by Crippen LogP contribution is -2.30. The maximum atomic E-state index is 11.6. The number of aliphatic carboxylic acids is 1. The Morgan fingerprint density at radius 2 is 2.29 bits per heavy atom. The Labute approximate surface area is 126 Å². The molecule has 0 saturated carbocycles. The van der Waals surface area contributed by atoms with Crippen molar-refractivity contribution in [3.05, 3.63) is 46.8 Å². The summed E-state index contributed by atoms with van der Waals surface area (Å²) >= 11 is 6.06. The number of benzene rings is 1. The number of hydrogen-bond acceptors (Lipinski definition) is 5. The second-order valence-corrected chi connectivity index (χ2v) is 4.95. The Morgan fingerprint density at radius 3 is 2.81 bits per heavy atom. The quantitative estimate of drug-likeness (QED) is 0.884. The standard InChI is InChI=1S/C14H15ClN2O4/c1-17(8-10-5-6-21-16-10)13(14(18)19)9-3-4-12(20-2)11(15)7-9/h3-7,13H,8H2,1-2H3,(H,18,19)/t13-/m0/s1. The largest absolute Gasteiger partial charge is 0.495 e. The second-order valence-electron chi connectivity index (χ2n) is 4.54. The van der Waals surface area contributed by atoms with Crippen LogP contribution in [0.4, 0.5) is 0 Å². The van der Waals surface area contributed by atoms with E-state index in [1.807, 2.05) is 0 Å². The van der Waals surface area contributed by atoms with Gasteiger partial charge in [0.15, 0.2) is 0 Å². The summed E-state index contributed by atoms with van der Waals surface area (Å²) in [5, 5.41) is 13.6. The van der Waals surface area contributed by atoms with Gasteiger partial charge in [0.25, 0.3) is 0 Å². The number of carboxylic acids is 1. The minimum absolute atomic E-state index is 0.344. The molecule has 1 aromatic carbocycles. The topological polar surface area (TPSA) is 75.8 Å². The van der Waals surface area contributed by atoms with Crippen molar-refractivity contribution < 1.29 is 19.2 Å². The molecule has 1 atom stereocenters. The van der Waals surface area contributed by atoms with E-state index in [1.54, 1.807) is 36.2 Å². The summed E-state index contributed by atoms with van der Waals surface area (Å²) < 4.78 is 9.82. The summed E-state index contributed by atoms with van der Waals surface area (Å²) in [6.07, 6.45) is 1.45. The molecule has 0 aliphatic heterocycles. The van der Waals surface area contributed by atoms with Gasteiger partial charge in [0.05, 0.1) is 17.8 Å². The Hall–Kier alpha value is -2.05. The second kappa shape index (κ2) is 6.60. The third kappa shape index (κ3) is 3.53. The molecule has 2 aromatic rings. The summed E-state index contributed by atoms with van der Waals surface area (Å²) in [5.74, 6) is -0.467. The van der Waals surface area contributed by atoms with Crippen LogP contribution >= 0.6 is 11.6 Å². The van der Waals surface area contributed by atoms with Crippen molar-refractivity contribution in [3.8, 4) is 5.75 Å². The molecular weight excluding hydrogens is 296 g/mol. The fraction of sp³-hybridized carbons (Fsp3) is 0.286. The lowest BCUT2D eigenvalue weighted by atomic mass is 10.1. The third-order valence-corrected chi connectivity index (χ3v) is 3.36. The molecule has 0 spiro atoms. The lowest BCUT2D eigenvalue weighted by molar-refractivity contribution is -0.143. The van der Waals surface area contributed by atoms with Gasteiger partial charge in [-0.15, -0.1) is 0 Å². The average Bonchev–Trinajstić information content (AvgIpc) is 2.91. The molecular formula is C14H15ClN2O4. The fourth-order valence-corrected chi connectivity index (χ4v) is 2.37. The molecule has 0 amide bonds. The van der Waals surface area contributed by atoms with Crippen molar-refractivity contribution in [1.82, 2.24) is 10.1 Å². The number of hydrogen-bond donors (Lipinski definition) is 1. The van der Waals surface area contributed by atoms with Crippen LogP contribution in [0, 0.1) is 0 Å². The summed E-state index contributed by atoms with van der Waals surface area (Å²) in [4.78, 5) is 13.2. The number of halogens is 1. The number of methoxy groups -OCH3 is 1. The molecule has 7 heteroatoms. The zero-order chi connectivity index (χ0) is 15.4. The highest BCUT2D eigenvalue weighted by Gasteiger charge is 2.26. The SMILES string of the molecule is COc1ccc([C@@H](C(=O)O)N(C)Cc2ccon2)cc1Cl. The molecule has 0 unspecified atom stereocenters. The molecule has 1 N–H and O–H groups in total. The molecule has 0 fully saturated rings. The van der Waals surface area contributed by atoms with Crippen LogP contribution < -0.4 is 4.74 Å². The predicted octanol–water partition coefficient (Wildman–Crippen LogP) is 2.59. The van der Waals surface area contributed by atoms with Crippen LogP contribution in [-0.4, -0.2) is 35.3 Å². The van der Waals surface area contributed by atoms with Crippen LogP contribution in [-0.2, 0) is 11.3 Å². The summed E-state index contributed by atoms with van der Waals surface area (Å²) in [6.45, 7) is 0.344. The molecule has 112 valence electrons. The van der Waals surface area contributed by atoms with Gasteiger partial charge in [0.1, 0.15) is 18.1 Å². The van der Waals surface area contributed by atoms with Crippen LogP contribution in [0.2, 0.25) is 5.02 Å². The molecule has 6 nitrogen and oxygen atoms in total. The van der Waals surface area contributed by atoms with Gasteiger partial charge in [-0.1, -0.05) is 22.8 Å². The maximum Gasteiger partial charge on any atom is 0.325 e. The Balaban J connectivity index is 2.26. The number of nitrogens with zero attached hydrogens (tertiary/aromatic N) is 2. The molecule has 0 radical (unpaired) electrons. The number of carboxylic acid groups (broad SMARTS) is 1. The third-order valence-electron chi connectivity index (χ3n) is 3.07. The monoisotopic (exact) mass is 310 g/mol. The normalized spacial score (nSPS) is 12.4. The highest BCUT2D eigenvalue weighted by Crippen LogP contribution is 2.30. The maximum absolute atomic E-state index is 11.6. The van der Waals surface area contributed by atoms with Crippen molar-refractivity contribution in [2.75, 3.05) is 14.2 Å². The van der Waals surface area contributed by atoms with Gasteiger partial charge in [-0.3, -0.25) is 9.69 Å². The van der Waals surface area contributed by atoms with E-state index >= 15 is 0 Å². The van der Waals surface area contributed by atoms with Gasteiger partial charge in [0, 0.05) is 12.6 Å². The first-order valence-corrected chi connectivity index (χ1v) is 6.56. The van der Waals surface area contributed by atoms with E-state index in [0.29, 0.717) is 28.6 Å². The molecule has 0 aliphatic rings. The van der Waals surface area contributed by atoms with Crippen molar-refractivity contribution >= 4 is 17.6 Å². The molecule has 1 aromatic heterocycles. The highest BCUT2D eigenvalue weighted by atomic mass is 35.5. The first-order chi connectivity index (χ1) is 10.0. The van der Waals surface area contributed by atoms with Gasteiger partial charge in [-0.25, -0.2) is 0 Å². The minimum atomic E-state index is -0.970. The summed E-state index contributed by atoms with van der Waals surface area (Å²) in [5.41, 5.74) is 1.22. The van der Waals surface area contributed by atoms with Crippen molar-refractivity contribution in [2.24, 2.45) is 0 Å². The Kier molecular flexibility index (Phi) is 4.82. The highest BCUT2D eigenvalue weighted by molar-refractivity contribution is 6.32. The van der Waals surface area contributed by atoms with E-state index < -0.39 is 12.0 Å². The summed E-state index contributed by atoms with van der Waals surface area (Å²) in [7, 11) is 3.21. The number of aromatic nitrogens is 1. The van der Waals surface area contributed by atoms with Gasteiger partial charge in [-0.2, -0.15) is 0 Å². The van der Waals surface area contributed by atoms with Crippen molar-refractivity contribution in [1.29, 1.82) is 0 Å². The fourth-order valence-electron chi connectivity index (χ4n) is 2.10. The van der Waals surface area contributed by atoms with Gasteiger partial charge >= 0.3 is 5.97 Å². The lowest BCUT2D eigenvalue weighted by Gasteiger charge is -2.24. The predicted molar refractivity (Wildman–Crippen MR) is 76.4 cm³/mol. The summed E-state index contributed by atoms with van der Waals surface area (Å²) in [6, 6.07) is 5.78. The molecule has 21 heavy (non-hydrogen) atoms. The van der Waals surface area contributed by atoms with Crippen molar-refractivity contribution in [2.45, 2.75) is 12.6 Å². The van der Waals surface area contributed by atoms with E-state index in [0.717, 1.165) is 0 Å². The van der Waals surface area contributed by atoms with E-state index in [9.17, 15) is 9.90 Å². The molecule has 0 saturated heterocycles. The molecule has 1 heterocycles. The first-order valence-electron chi connectivity index (χ1n) is 6.18. The zero-order valence-corrected chi connectivity index (χ0v) is 12.4. The van der Waals surface area contributed by atoms with E-state index in [-0.39, 0.29) is 0 Å². The van der Waals surface area contributed by atoms with Gasteiger partial charge in [-0.05, 0) is 24.7 Å². The van der Waals surface area contributed by atoms with E-state index in [1.165, 1.54) is 13.4 Å². The smallest absolute Gasteiger partial charge is 0.325 e. The Bertz CT molecular complexity index is 615. The number of carbonyl (C=O) groups is 1. The zero-order valence-electron chi connectivity index (χ0n) is 11.6. The van der Waals surface area contributed by atoms with E-state index in [4.69, 9.17) is 20.9 Å². The number of rotatable bonds is 6. The van der Waals surface area contributed by atoms with Gasteiger partial charge < -0.3 is 14.4 Å². The van der Waals surface area contributed by atoms with Crippen LogP contribution in [0.15, 0.2) is 35.1 Å². The average molecular weight is 311 g/mol. The van der Waals surface area contributed by atoms with Crippen LogP contribution in [0.1, 0.15) is 17.3 Å². The van der Waals surface area contributed by atoms with Crippen LogP contribution in [0.3, 0.4) is 0 Å². The van der Waals surface area contributed by atoms with Crippen LogP contribution in [0.25, 0.3) is 0 Å². The molecule has 0 bridgehead atoms. The minimum Gasteiger partial charge on any atom is -0.495 e. The molecule has 2 rings (SSSR count). The number of likely N-dealkylation sites (N-methyl/N-ethyl adjacent to an activating group) is 1.